The highest BCUT2D eigenvalue weighted by Gasteiger charge is 2.10. The van der Waals surface area contributed by atoms with Gasteiger partial charge >= 0.3 is 0 Å². The zero-order chi connectivity index (χ0) is 13.7. The van der Waals surface area contributed by atoms with Gasteiger partial charge in [-0.25, -0.2) is 13.1 Å². The van der Waals surface area contributed by atoms with E-state index in [-0.39, 0.29) is 0 Å². The fourth-order valence-electron chi connectivity index (χ4n) is 2.41. The summed E-state index contributed by atoms with van der Waals surface area (Å²) in [7, 11) is -3.08. The fraction of sp³-hybridized carbons (Fsp3) is 0.571. The van der Waals surface area contributed by atoms with E-state index in [1.54, 1.807) is 0 Å². The second-order valence-corrected chi connectivity index (χ2v) is 6.96. The van der Waals surface area contributed by atoms with Crippen LogP contribution in [0.1, 0.15) is 24.8 Å². The van der Waals surface area contributed by atoms with Crippen molar-refractivity contribution in [3.63, 3.8) is 0 Å². The maximum absolute atomic E-state index is 11.0. The smallest absolute Gasteiger partial charge is 0.208 e. The molecule has 0 saturated carbocycles. The van der Waals surface area contributed by atoms with Crippen molar-refractivity contribution in [2.45, 2.75) is 25.7 Å². The third-order valence-corrected chi connectivity index (χ3v) is 4.16. The molecule has 0 unspecified atom stereocenters. The lowest BCUT2D eigenvalue weighted by Crippen LogP contribution is -2.29. The van der Waals surface area contributed by atoms with E-state index < -0.39 is 10.0 Å². The highest BCUT2D eigenvalue weighted by atomic mass is 32.2. The van der Waals surface area contributed by atoms with Crippen molar-refractivity contribution in [1.82, 2.24) is 4.72 Å². The van der Waals surface area contributed by atoms with Gasteiger partial charge in [0.2, 0.25) is 10.0 Å². The van der Waals surface area contributed by atoms with Crippen LogP contribution >= 0.6 is 0 Å². The van der Waals surface area contributed by atoms with Crippen LogP contribution in [0.2, 0.25) is 0 Å². The Hall–Kier alpha value is -1.07. The van der Waals surface area contributed by atoms with Crippen LogP contribution in [0, 0.1) is 0 Å². The Kier molecular flexibility index (Phi) is 4.82. The summed E-state index contributed by atoms with van der Waals surface area (Å²) in [6.45, 7) is 2.76. The van der Waals surface area contributed by atoms with Gasteiger partial charge in [-0.1, -0.05) is 12.1 Å². The molecule has 1 heterocycles. The molecule has 1 aliphatic heterocycles. The molecule has 5 heteroatoms. The third kappa shape index (κ3) is 4.84. The van der Waals surface area contributed by atoms with E-state index in [2.05, 4.69) is 33.9 Å². The Morgan fingerprint density at radius 1 is 1.11 bits per heavy atom. The molecule has 1 N–H and O–H groups in total. The van der Waals surface area contributed by atoms with Gasteiger partial charge in [0.05, 0.1) is 6.26 Å². The van der Waals surface area contributed by atoms with Crippen molar-refractivity contribution in [3.05, 3.63) is 29.8 Å². The van der Waals surface area contributed by atoms with Crippen molar-refractivity contribution in [2.24, 2.45) is 0 Å². The largest absolute Gasteiger partial charge is 0.372 e. The van der Waals surface area contributed by atoms with Gasteiger partial charge < -0.3 is 4.90 Å². The van der Waals surface area contributed by atoms with Crippen LogP contribution in [0.4, 0.5) is 5.69 Å². The van der Waals surface area contributed by atoms with Crippen LogP contribution in [-0.4, -0.2) is 34.3 Å². The van der Waals surface area contributed by atoms with Crippen LogP contribution in [-0.2, 0) is 16.4 Å². The summed E-state index contributed by atoms with van der Waals surface area (Å²) in [5.74, 6) is 0. The van der Waals surface area contributed by atoms with Crippen molar-refractivity contribution >= 4 is 15.7 Å². The first-order valence-electron chi connectivity index (χ1n) is 6.83. The molecule has 0 atom stereocenters. The summed E-state index contributed by atoms with van der Waals surface area (Å²) in [5, 5.41) is 0. The number of nitrogens with zero attached hydrogens (tertiary/aromatic N) is 1. The molecule has 1 fully saturated rings. The summed E-state index contributed by atoms with van der Waals surface area (Å²) in [5.41, 5.74) is 2.44. The number of anilines is 1. The molecule has 19 heavy (non-hydrogen) atoms. The van der Waals surface area contributed by atoms with Crippen molar-refractivity contribution in [2.75, 3.05) is 30.8 Å². The molecule has 0 spiro atoms. The van der Waals surface area contributed by atoms with Crippen LogP contribution in [0.5, 0.6) is 0 Å². The zero-order valence-corrected chi connectivity index (χ0v) is 12.2. The number of benzene rings is 1. The van der Waals surface area contributed by atoms with Crippen LogP contribution in [0.25, 0.3) is 0 Å². The van der Waals surface area contributed by atoms with E-state index in [0.717, 1.165) is 25.1 Å². The van der Waals surface area contributed by atoms with Crippen molar-refractivity contribution in [3.8, 4) is 0 Å². The fourth-order valence-corrected chi connectivity index (χ4v) is 2.88. The number of nitrogens with one attached hydrogen (secondary N) is 1. The molecular formula is C14H22N2O2S. The first-order chi connectivity index (χ1) is 9.04. The van der Waals surface area contributed by atoms with E-state index in [4.69, 9.17) is 0 Å². The summed E-state index contributed by atoms with van der Waals surface area (Å²) < 4.78 is 24.4. The van der Waals surface area contributed by atoms with Crippen LogP contribution in [0.3, 0.4) is 0 Å². The minimum Gasteiger partial charge on any atom is -0.372 e. The lowest BCUT2D eigenvalue weighted by Gasteiger charge is -2.28. The Morgan fingerprint density at radius 3 is 2.32 bits per heavy atom. The summed E-state index contributed by atoms with van der Waals surface area (Å²) in [6.07, 6.45) is 5.81. The van der Waals surface area contributed by atoms with Crippen molar-refractivity contribution < 1.29 is 8.42 Å². The second-order valence-electron chi connectivity index (χ2n) is 5.13. The average molecular weight is 282 g/mol. The molecule has 2 rings (SSSR count). The predicted octanol–water partition coefficient (Wildman–Crippen LogP) is 1.77. The molecule has 1 aromatic rings. The molecule has 1 aliphatic rings. The maximum Gasteiger partial charge on any atom is 0.208 e. The highest BCUT2D eigenvalue weighted by Crippen LogP contribution is 2.20. The van der Waals surface area contributed by atoms with Crippen LogP contribution in [0.15, 0.2) is 24.3 Å². The highest BCUT2D eigenvalue weighted by molar-refractivity contribution is 7.88. The Bertz CT molecular complexity index is 491. The SMILES string of the molecule is CS(=O)(=O)NCCc1ccc(N2CCCCC2)cc1. The monoisotopic (exact) mass is 282 g/mol. The van der Waals surface area contributed by atoms with E-state index in [1.165, 1.54) is 31.2 Å². The Balaban J connectivity index is 1.87. The number of sulfonamides is 1. The van der Waals surface area contributed by atoms with Gasteiger partial charge in [-0.3, -0.25) is 0 Å². The average Bonchev–Trinajstić information content (AvgIpc) is 2.39. The molecular weight excluding hydrogens is 260 g/mol. The first-order valence-corrected chi connectivity index (χ1v) is 8.72. The lowest BCUT2D eigenvalue weighted by atomic mass is 10.1. The zero-order valence-electron chi connectivity index (χ0n) is 11.4. The lowest BCUT2D eigenvalue weighted by molar-refractivity contribution is 0.578. The van der Waals surface area contributed by atoms with E-state index in [9.17, 15) is 8.42 Å². The quantitative estimate of drug-likeness (QED) is 0.895. The molecule has 106 valence electrons. The van der Waals surface area contributed by atoms with Crippen LogP contribution < -0.4 is 9.62 Å². The molecule has 0 bridgehead atoms. The summed E-state index contributed by atoms with van der Waals surface area (Å²) >= 11 is 0. The molecule has 1 aromatic carbocycles. The van der Waals surface area contributed by atoms with Gasteiger partial charge in [-0.15, -0.1) is 0 Å². The summed E-state index contributed by atoms with van der Waals surface area (Å²) in [4.78, 5) is 2.42. The second kappa shape index (κ2) is 6.39. The van der Waals surface area contributed by atoms with Gasteiger partial charge in [-0.2, -0.15) is 0 Å². The first kappa shape index (κ1) is 14.3. The molecule has 0 aliphatic carbocycles. The molecule has 0 amide bonds. The van der Waals surface area contributed by atoms with E-state index in [0.29, 0.717) is 6.54 Å². The Morgan fingerprint density at radius 2 is 1.74 bits per heavy atom. The number of rotatable bonds is 5. The van der Waals surface area contributed by atoms with Gasteiger partial charge in [0.25, 0.3) is 0 Å². The standard InChI is InChI=1S/C14H22N2O2S/c1-19(17,18)15-10-9-13-5-7-14(8-6-13)16-11-3-2-4-12-16/h5-8,15H,2-4,9-12H2,1H3. The van der Waals surface area contributed by atoms with E-state index in [1.807, 2.05) is 0 Å². The molecule has 0 radical (unpaired) electrons. The number of piperidine rings is 1. The molecule has 1 saturated heterocycles. The topological polar surface area (TPSA) is 49.4 Å². The summed E-state index contributed by atoms with van der Waals surface area (Å²) in [6, 6.07) is 8.46. The third-order valence-electron chi connectivity index (χ3n) is 3.44. The van der Waals surface area contributed by atoms with Gasteiger partial charge in [0.1, 0.15) is 0 Å². The maximum atomic E-state index is 11.0. The minimum atomic E-state index is -3.08. The molecule has 0 aromatic heterocycles. The molecule has 4 nitrogen and oxygen atoms in total. The van der Waals surface area contributed by atoms with Gasteiger partial charge in [0, 0.05) is 25.3 Å². The van der Waals surface area contributed by atoms with Crippen molar-refractivity contribution in [1.29, 1.82) is 0 Å². The number of hydrogen-bond donors (Lipinski definition) is 1. The normalized spacial score (nSPS) is 16.6. The predicted molar refractivity (Wildman–Crippen MR) is 79.1 cm³/mol. The van der Waals surface area contributed by atoms with Gasteiger partial charge in [-0.05, 0) is 43.4 Å². The van der Waals surface area contributed by atoms with E-state index >= 15 is 0 Å². The minimum absolute atomic E-state index is 0.460. The van der Waals surface area contributed by atoms with Gasteiger partial charge in [0.15, 0.2) is 0 Å². The Labute approximate surface area is 115 Å². The number of hydrogen-bond acceptors (Lipinski definition) is 3.